The molecule has 0 bridgehead atoms. The van der Waals surface area contributed by atoms with Gasteiger partial charge in [-0.3, -0.25) is 24.0 Å². The summed E-state index contributed by atoms with van der Waals surface area (Å²) in [6.07, 6.45) is 4.10. The molecule has 1 aromatic carbocycles. The Labute approximate surface area is 187 Å². The molecule has 1 aromatic rings. The molecule has 2 rings (SSSR count). The standard InChI is InChI=1S/C23H31N3O6/c27-16-24-10-3-12-32-13-11-25-22(30)15-23(31)26-18-8-6-17(7-9-18)14-21(29)19-4-1-2-5-20(19)28/h6-9,16,19H,1-5,10-15H2,(H,24,27)(H,25,30)(H,26,31). The Morgan fingerprint density at radius 2 is 1.81 bits per heavy atom. The number of rotatable bonds is 14. The highest BCUT2D eigenvalue weighted by Crippen LogP contribution is 2.23. The zero-order valence-electron chi connectivity index (χ0n) is 18.2. The minimum absolute atomic E-state index is 0.0434. The van der Waals surface area contributed by atoms with Gasteiger partial charge in [0.1, 0.15) is 18.0 Å². The van der Waals surface area contributed by atoms with Crippen molar-refractivity contribution in [3.8, 4) is 0 Å². The molecule has 9 nitrogen and oxygen atoms in total. The highest BCUT2D eigenvalue weighted by Gasteiger charge is 2.28. The lowest BCUT2D eigenvalue weighted by atomic mass is 9.83. The Balaban J connectivity index is 1.64. The first-order chi connectivity index (χ1) is 15.5. The minimum atomic E-state index is -0.480. The summed E-state index contributed by atoms with van der Waals surface area (Å²) < 4.78 is 5.30. The normalized spacial score (nSPS) is 15.6. The number of hydrogen-bond acceptors (Lipinski definition) is 6. The molecule has 3 amide bonds. The molecule has 9 heteroatoms. The number of carbonyl (C=O) groups excluding carboxylic acids is 5. The predicted octanol–water partition coefficient (Wildman–Crippen LogP) is 1.15. The van der Waals surface area contributed by atoms with Gasteiger partial charge in [-0.15, -0.1) is 0 Å². The van der Waals surface area contributed by atoms with Crippen molar-refractivity contribution in [2.45, 2.75) is 44.9 Å². The molecule has 0 saturated heterocycles. The van der Waals surface area contributed by atoms with Crippen molar-refractivity contribution < 1.29 is 28.7 Å². The minimum Gasteiger partial charge on any atom is -0.380 e. The zero-order valence-corrected chi connectivity index (χ0v) is 18.2. The molecule has 0 aromatic heterocycles. The summed E-state index contributed by atoms with van der Waals surface area (Å²) in [5, 5.41) is 7.78. The van der Waals surface area contributed by atoms with E-state index in [1.165, 1.54) is 0 Å². The third-order valence-corrected chi connectivity index (χ3v) is 5.14. The van der Waals surface area contributed by atoms with Crippen LogP contribution >= 0.6 is 0 Å². The van der Waals surface area contributed by atoms with Crippen LogP contribution in [0.4, 0.5) is 5.69 Å². The molecular weight excluding hydrogens is 414 g/mol. The van der Waals surface area contributed by atoms with Gasteiger partial charge in [0, 0.05) is 38.2 Å². The Morgan fingerprint density at radius 1 is 1.03 bits per heavy atom. The van der Waals surface area contributed by atoms with Gasteiger partial charge in [0.25, 0.3) is 0 Å². The second kappa shape index (κ2) is 14.1. The van der Waals surface area contributed by atoms with Crippen LogP contribution in [0.3, 0.4) is 0 Å². The molecule has 174 valence electrons. The van der Waals surface area contributed by atoms with E-state index in [1.807, 2.05) is 0 Å². The molecule has 0 aliphatic heterocycles. The van der Waals surface area contributed by atoms with E-state index in [-0.39, 0.29) is 24.4 Å². The van der Waals surface area contributed by atoms with E-state index in [0.29, 0.717) is 57.7 Å². The summed E-state index contributed by atoms with van der Waals surface area (Å²) in [4.78, 5) is 58.2. The van der Waals surface area contributed by atoms with E-state index in [9.17, 15) is 24.0 Å². The Bertz CT molecular complexity index is 793. The predicted molar refractivity (Wildman–Crippen MR) is 118 cm³/mol. The summed E-state index contributed by atoms with van der Waals surface area (Å²) in [6, 6.07) is 6.83. The maximum Gasteiger partial charge on any atom is 0.233 e. The monoisotopic (exact) mass is 445 g/mol. The fourth-order valence-electron chi connectivity index (χ4n) is 3.47. The largest absolute Gasteiger partial charge is 0.380 e. The molecule has 1 aliphatic rings. The van der Waals surface area contributed by atoms with Gasteiger partial charge < -0.3 is 20.7 Å². The summed E-state index contributed by atoms with van der Waals surface area (Å²) in [7, 11) is 0. The molecule has 1 saturated carbocycles. The van der Waals surface area contributed by atoms with Crippen molar-refractivity contribution in [1.82, 2.24) is 10.6 Å². The lowest BCUT2D eigenvalue weighted by Crippen LogP contribution is -2.31. The fourth-order valence-corrected chi connectivity index (χ4v) is 3.47. The maximum absolute atomic E-state index is 12.4. The van der Waals surface area contributed by atoms with E-state index in [1.54, 1.807) is 24.3 Å². The SMILES string of the molecule is O=CNCCCOCCNC(=O)CC(=O)Nc1ccc(CC(=O)C2CCCCC2=O)cc1. The number of ketones is 2. The van der Waals surface area contributed by atoms with Gasteiger partial charge in [-0.2, -0.15) is 0 Å². The topological polar surface area (TPSA) is 131 Å². The van der Waals surface area contributed by atoms with Crippen molar-refractivity contribution in [3.05, 3.63) is 29.8 Å². The third kappa shape index (κ3) is 9.38. The van der Waals surface area contributed by atoms with Gasteiger partial charge in [0.2, 0.25) is 18.2 Å². The molecule has 1 fully saturated rings. The van der Waals surface area contributed by atoms with Crippen LogP contribution in [0.5, 0.6) is 0 Å². The molecule has 32 heavy (non-hydrogen) atoms. The Hall–Kier alpha value is -3.07. The van der Waals surface area contributed by atoms with Crippen LogP contribution in [0.2, 0.25) is 0 Å². The number of carbonyl (C=O) groups is 5. The van der Waals surface area contributed by atoms with Gasteiger partial charge in [0.15, 0.2) is 0 Å². The molecule has 1 atom stereocenters. The van der Waals surface area contributed by atoms with Crippen molar-refractivity contribution >= 4 is 35.5 Å². The van der Waals surface area contributed by atoms with E-state index in [4.69, 9.17) is 4.74 Å². The van der Waals surface area contributed by atoms with E-state index in [0.717, 1.165) is 18.4 Å². The van der Waals surface area contributed by atoms with Gasteiger partial charge >= 0.3 is 0 Å². The van der Waals surface area contributed by atoms with Crippen LogP contribution in [-0.4, -0.2) is 56.1 Å². The highest BCUT2D eigenvalue weighted by molar-refractivity contribution is 6.04. The smallest absolute Gasteiger partial charge is 0.233 e. The van der Waals surface area contributed by atoms with Gasteiger partial charge in [0.05, 0.1) is 12.5 Å². The first-order valence-corrected chi connectivity index (χ1v) is 11.0. The molecule has 0 spiro atoms. The van der Waals surface area contributed by atoms with Crippen molar-refractivity contribution in [2.24, 2.45) is 5.92 Å². The number of Topliss-reactive ketones (excluding diaryl/α,β-unsaturated/α-hetero) is 2. The fraction of sp³-hybridized carbons (Fsp3) is 0.522. The van der Waals surface area contributed by atoms with Crippen molar-refractivity contribution in [2.75, 3.05) is 31.6 Å². The Kier molecular flexibility index (Phi) is 11.1. The van der Waals surface area contributed by atoms with Crippen LogP contribution in [0.25, 0.3) is 0 Å². The molecule has 3 N–H and O–H groups in total. The molecule has 1 unspecified atom stereocenters. The van der Waals surface area contributed by atoms with Crippen LogP contribution in [-0.2, 0) is 35.1 Å². The Morgan fingerprint density at radius 3 is 2.53 bits per heavy atom. The number of nitrogens with one attached hydrogen (secondary N) is 3. The molecule has 0 heterocycles. The average molecular weight is 446 g/mol. The first kappa shape index (κ1) is 25.2. The number of amides is 3. The van der Waals surface area contributed by atoms with Gasteiger partial charge in [-0.05, 0) is 37.0 Å². The summed E-state index contributed by atoms with van der Waals surface area (Å²) in [5.41, 5.74) is 1.31. The summed E-state index contributed by atoms with van der Waals surface area (Å²) in [6.45, 7) is 1.61. The van der Waals surface area contributed by atoms with E-state index >= 15 is 0 Å². The molecular formula is C23H31N3O6. The van der Waals surface area contributed by atoms with Crippen LogP contribution in [0, 0.1) is 5.92 Å². The number of benzene rings is 1. The van der Waals surface area contributed by atoms with E-state index < -0.39 is 17.7 Å². The maximum atomic E-state index is 12.4. The van der Waals surface area contributed by atoms with Crippen LogP contribution in [0.15, 0.2) is 24.3 Å². The van der Waals surface area contributed by atoms with Crippen molar-refractivity contribution in [3.63, 3.8) is 0 Å². The summed E-state index contributed by atoms with van der Waals surface area (Å²) >= 11 is 0. The quantitative estimate of drug-likeness (QED) is 0.224. The average Bonchev–Trinajstić information content (AvgIpc) is 2.77. The lowest BCUT2D eigenvalue weighted by molar-refractivity contribution is -0.134. The van der Waals surface area contributed by atoms with Crippen LogP contribution < -0.4 is 16.0 Å². The van der Waals surface area contributed by atoms with E-state index in [2.05, 4.69) is 16.0 Å². The summed E-state index contributed by atoms with van der Waals surface area (Å²) in [5.74, 6) is -1.34. The lowest BCUT2D eigenvalue weighted by Gasteiger charge is -2.19. The van der Waals surface area contributed by atoms with Crippen molar-refractivity contribution in [1.29, 1.82) is 0 Å². The zero-order chi connectivity index (χ0) is 23.2. The second-order valence-corrected chi connectivity index (χ2v) is 7.72. The number of hydrogen-bond donors (Lipinski definition) is 3. The van der Waals surface area contributed by atoms with Crippen LogP contribution in [0.1, 0.15) is 44.1 Å². The van der Waals surface area contributed by atoms with Gasteiger partial charge in [-0.1, -0.05) is 18.6 Å². The molecule has 1 aliphatic carbocycles. The number of ether oxygens (including phenoxy) is 1. The number of anilines is 1. The third-order valence-electron chi connectivity index (χ3n) is 5.14. The van der Waals surface area contributed by atoms with Gasteiger partial charge in [-0.25, -0.2) is 0 Å². The second-order valence-electron chi connectivity index (χ2n) is 7.72. The first-order valence-electron chi connectivity index (χ1n) is 11.0. The highest BCUT2D eigenvalue weighted by atomic mass is 16.5. The molecule has 0 radical (unpaired) electrons.